The molecule has 0 fully saturated rings. The summed E-state index contributed by atoms with van der Waals surface area (Å²) in [4.78, 5) is 21.7. The van der Waals surface area contributed by atoms with Crippen LogP contribution in [0.1, 0.15) is 22.8 Å². The van der Waals surface area contributed by atoms with Crippen molar-refractivity contribution in [1.82, 2.24) is 0 Å². The Morgan fingerprint density at radius 1 is 1.47 bits per heavy atom. The number of hydrogen-bond donors (Lipinski definition) is 2. The van der Waals surface area contributed by atoms with E-state index in [1.54, 1.807) is 0 Å². The summed E-state index contributed by atoms with van der Waals surface area (Å²) in [6.45, 7) is 4.80. The highest BCUT2D eigenvalue weighted by Crippen LogP contribution is 2.32. The summed E-state index contributed by atoms with van der Waals surface area (Å²) in [5.74, 6) is -0.578. The van der Waals surface area contributed by atoms with Gasteiger partial charge in [-0.2, -0.15) is 0 Å². The van der Waals surface area contributed by atoms with Crippen LogP contribution in [0.15, 0.2) is 24.8 Å². The quantitative estimate of drug-likeness (QED) is 0.363. The van der Waals surface area contributed by atoms with Gasteiger partial charge >= 0.3 is 6.16 Å². The second kappa shape index (κ2) is 5.16. The fraction of sp³-hybridized carbons (Fsp3) is 0.167. The van der Waals surface area contributed by atoms with Crippen LogP contribution in [0.5, 0.6) is 11.5 Å². The van der Waals surface area contributed by atoms with Crippen molar-refractivity contribution in [3.05, 3.63) is 35.9 Å². The molecule has 0 unspecified atom stereocenters. The second-order valence-corrected chi connectivity index (χ2v) is 3.36. The third-order valence-electron chi connectivity index (χ3n) is 2.16. The third-order valence-corrected chi connectivity index (χ3v) is 2.16. The molecule has 0 amide bonds. The maximum Gasteiger partial charge on any atom is 0.511 e. The van der Waals surface area contributed by atoms with Gasteiger partial charge in [-0.1, -0.05) is 6.08 Å². The molecule has 5 nitrogen and oxygen atoms in total. The van der Waals surface area contributed by atoms with Crippen LogP contribution in [0.25, 0.3) is 0 Å². The SMILES string of the molecule is C=CCc1c(OC(=O)O)ccc(C(C)=O)c1O. The van der Waals surface area contributed by atoms with E-state index in [9.17, 15) is 14.7 Å². The van der Waals surface area contributed by atoms with Crippen LogP contribution >= 0.6 is 0 Å². The maximum atomic E-state index is 11.2. The first kappa shape index (κ1) is 12.8. The van der Waals surface area contributed by atoms with Crippen molar-refractivity contribution in [2.45, 2.75) is 13.3 Å². The smallest absolute Gasteiger partial charge is 0.507 e. The van der Waals surface area contributed by atoms with E-state index in [1.165, 1.54) is 25.1 Å². The summed E-state index contributed by atoms with van der Waals surface area (Å²) in [7, 11) is 0. The van der Waals surface area contributed by atoms with E-state index in [2.05, 4.69) is 11.3 Å². The lowest BCUT2D eigenvalue weighted by molar-refractivity contribution is 0.101. The number of ether oxygens (including phenoxy) is 1. The molecular formula is C12H12O5. The van der Waals surface area contributed by atoms with Gasteiger partial charge in [-0.05, 0) is 25.5 Å². The molecule has 1 rings (SSSR count). The summed E-state index contributed by atoms with van der Waals surface area (Å²) in [5, 5.41) is 18.4. The monoisotopic (exact) mass is 236 g/mol. The van der Waals surface area contributed by atoms with Gasteiger partial charge in [-0.25, -0.2) is 4.79 Å². The first-order valence-corrected chi connectivity index (χ1v) is 4.84. The topological polar surface area (TPSA) is 83.8 Å². The van der Waals surface area contributed by atoms with E-state index >= 15 is 0 Å². The number of ketones is 1. The molecule has 5 heteroatoms. The number of aromatic hydroxyl groups is 1. The average Bonchev–Trinajstić information content (AvgIpc) is 2.22. The van der Waals surface area contributed by atoms with Gasteiger partial charge in [0, 0.05) is 5.56 Å². The van der Waals surface area contributed by atoms with E-state index < -0.39 is 6.16 Å². The van der Waals surface area contributed by atoms with Crippen molar-refractivity contribution in [2.24, 2.45) is 0 Å². The number of rotatable bonds is 4. The number of benzene rings is 1. The Morgan fingerprint density at radius 2 is 2.12 bits per heavy atom. The van der Waals surface area contributed by atoms with Crippen LogP contribution in [-0.2, 0) is 6.42 Å². The summed E-state index contributed by atoms with van der Waals surface area (Å²) in [5.41, 5.74) is 0.356. The number of allylic oxidation sites excluding steroid dienone is 1. The summed E-state index contributed by atoms with van der Waals surface area (Å²) in [6.07, 6.45) is 0.203. The zero-order valence-corrected chi connectivity index (χ0v) is 9.27. The molecule has 0 aliphatic carbocycles. The van der Waals surface area contributed by atoms with Gasteiger partial charge in [0.1, 0.15) is 11.5 Å². The Hall–Kier alpha value is -2.30. The highest BCUT2D eigenvalue weighted by atomic mass is 16.7. The highest BCUT2D eigenvalue weighted by molar-refractivity contribution is 5.97. The fourth-order valence-electron chi connectivity index (χ4n) is 1.43. The van der Waals surface area contributed by atoms with Crippen molar-refractivity contribution in [2.75, 3.05) is 0 Å². The van der Waals surface area contributed by atoms with Crippen molar-refractivity contribution < 1.29 is 24.5 Å². The fourth-order valence-corrected chi connectivity index (χ4v) is 1.43. The lowest BCUT2D eigenvalue weighted by Gasteiger charge is -2.11. The molecule has 17 heavy (non-hydrogen) atoms. The Labute approximate surface area is 98.0 Å². The summed E-state index contributed by atoms with van der Waals surface area (Å²) >= 11 is 0. The normalized spacial score (nSPS) is 9.71. The van der Waals surface area contributed by atoms with Crippen LogP contribution in [0, 0.1) is 0 Å². The van der Waals surface area contributed by atoms with Crippen molar-refractivity contribution in [3.63, 3.8) is 0 Å². The molecule has 0 spiro atoms. The number of Topliss-reactive ketones (excluding diaryl/α,β-unsaturated/α-hetero) is 1. The minimum Gasteiger partial charge on any atom is -0.507 e. The van der Waals surface area contributed by atoms with Crippen molar-refractivity contribution >= 4 is 11.9 Å². The molecule has 1 aromatic rings. The number of carbonyl (C=O) groups is 2. The van der Waals surface area contributed by atoms with Crippen LogP contribution in [0.2, 0.25) is 0 Å². The van der Waals surface area contributed by atoms with Gasteiger partial charge in [0.2, 0.25) is 0 Å². The largest absolute Gasteiger partial charge is 0.511 e. The minimum absolute atomic E-state index is 0.0000926. The van der Waals surface area contributed by atoms with E-state index in [4.69, 9.17) is 5.11 Å². The second-order valence-electron chi connectivity index (χ2n) is 3.36. The van der Waals surface area contributed by atoms with E-state index in [1.807, 2.05) is 0 Å². The molecule has 0 saturated heterocycles. The van der Waals surface area contributed by atoms with Crippen molar-refractivity contribution in [1.29, 1.82) is 0 Å². The molecule has 0 atom stereocenters. The van der Waals surface area contributed by atoms with Crippen LogP contribution in [-0.4, -0.2) is 22.2 Å². The molecule has 0 heterocycles. The van der Waals surface area contributed by atoms with Crippen LogP contribution in [0.4, 0.5) is 4.79 Å². The van der Waals surface area contributed by atoms with E-state index in [0.717, 1.165) is 0 Å². The van der Waals surface area contributed by atoms with E-state index in [-0.39, 0.29) is 34.8 Å². The van der Waals surface area contributed by atoms with Gasteiger partial charge in [0.25, 0.3) is 0 Å². The zero-order valence-electron chi connectivity index (χ0n) is 9.27. The average molecular weight is 236 g/mol. The molecule has 90 valence electrons. The Balaban J connectivity index is 3.32. The van der Waals surface area contributed by atoms with Gasteiger partial charge in [0.15, 0.2) is 5.78 Å². The summed E-state index contributed by atoms with van der Waals surface area (Å²) < 4.78 is 4.51. The molecule has 0 saturated carbocycles. The first-order chi connectivity index (χ1) is 7.97. The van der Waals surface area contributed by atoms with E-state index in [0.29, 0.717) is 0 Å². The number of carbonyl (C=O) groups excluding carboxylic acids is 1. The molecule has 0 aliphatic heterocycles. The molecule has 0 aromatic heterocycles. The lowest BCUT2D eigenvalue weighted by atomic mass is 10.0. The Bertz CT molecular complexity index is 476. The zero-order chi connectivity index (χ0) is 13.0. The van der Waals surface area contributed by atoms with Crippen molar-refractivity contribution in [3.8, 4) is 11.5 Å². The van der Waals surface area contributed by atoms with Gasteiger partial charge in [0.05, 0.1) is 5.56 Å². The highest BCUT2D eigenvalue weighted by Gasteiger charge is 2.16. The molecule has 2 N–H and O–H groups in total. The number of hydrogen-bond acceptors (Lipinski definition) is 4. The third kappa shape index (κ3) is 2.84. The number of carboxylic acid groups (broad SMARTS) is 1. The van der Waals surface area contributed by atoms with Gasteiger partial charge < -0.3 is 14.9 Å². The summed E-state index contributed by atoms with van der Waals surface area (Å²) in [6, 6.07) is 2.66. The predicted octanol–water partition coefficient (Wildman–Crippen LogP) is 2.38. The number of phenolic OH excluding ortho intramolecular Hbond substituents is 1. The maximum absolute atomic E-state index is 11.2. The van der Waals surface area contributed by atoms with Gasteiger partial charge in [-0.3, -0.25) is 4.79 Å². The first-order valence-electron chi connectivity index (χ1n) is 4.84. The molecule has 1 aromatic carbocycles. The van der Waals surface area contributed by atoms with Crippen LogP contribution < -0.4 is 4.74 Å². The Kier molecular flexibility index (Phi) is 3.87. The molecule has 0 aliphatic rings. The Morgan fingerprint density at radius 3 is 2.59 bits per heavy atom. The van der Waals surface area contributed by atoms with Gasteiger partial charge in [-0.15, -0.1) is 6.58 Å². The molecule has 0 bridgehead atoms. The lowest BCUT2D eigenvalue weighted by Crippen LogP contribution is -2.06. The number of phenols is 1. The molecule has 0 radical (unpaired) electrons. The molecular weight excluding hydrogens is 224 g/mol. The minimum atomic E-state index is -1.48. The standard InChI is InChI=1S/C12H12O5/c1-3-4-9-10(17-12(15)16)6-5-8(7(2)13)11(9)14/h3,5-6,14H,1,4H2,2H3,(H,15,16). The predicted molar refractivity (Wildman–Crippen MR) is 60.7 cm³/mol. The van der Waals surface area contributed by atoms with Crippen LogP contribution in [0.3, 0.4) is 0 Å².